The third-order valence-corrected chi connectivity index (χ3v) is 7.84. The van der Waals surface area contributed by atoms with E-state index in [0.29, 0.717) is 0 Å². The highest BCUT2D eigenvalue weighted by molar-refractivity contribution is 6.28. The number of fused-ring (bicyclic) bond motifs is 8. The summed E-state index contributed by atoms with van der Waals surface area (Å²) in [5, 5.41) is 7.97. The van der Waals surface area contributed by atoms with Gasteiger partial charge in [-0.3, -0.25) is 0 Å². The zero-order chi connectivity index (χ0) is 24.1. The molecule has 0 aliphatic heterocycles. The Hall–Kier alpha value is -3.91. The third kappa shape index (κ3) is 2.74. The van der Waals surface area contributed by atoms with Crippen LogP contribution in [0.1, 0.15) is 31.9 Å². The molecule has 3 aromatic heterocycles. The second-order valence-corrected chi connectivity index (χ2v) is 11.1. The minimum atomic E-state index is 0.106. The van der Waals surface area contributed by atoms with Crippen molar-refractivity contribution in [3.05, 3.63) is 96.2 Å². The topological polar surface area (TPSA) is 8.29 Å². The molecular formula is C33H29N2+. The van der Waals surface area contributed by atoms with Crippen LogP contribution in [0.15, 0.2) is 85.1 Å². The van der Waals surface area contributed by atoms with E-state index < -0.39 is 0 Å². The zero-order valence-corrected chi connectivity index (χ0v) is 21.0. The number of aromatic nitrogens is 2. The van der Waals surface area contributed by atoms with Crippen molar-refractivity contribution < 1.29 is 4.57 Å². The van der Waals surface area contributed by atoms with Crippen LogP contribution in [0, 0.1) is 6.92 Å². The standard InChI is InChI=1S/C33H29N2/c1-20-17-21-13-14-29-31(25-11-8-10-24-23-9-6-7-12-28(23)35(29)32(24)25)27(21)19-26(20)30-18-22(33(2,3)4)15-16-34(30)5/h6-19H,1-5H3/q+1. The lowest BCUT2D eigenvalue weighted by atomic mass is 9.86. The molecule has 0 saturated carbocycles. The molecule has 0 fully saturated rings. The first kappa shape index (κ1) is 20.5. The second kappa shape index (κ2) is 6.82. The maximum absolute atomic E-state index is 2.47. The van der Waals surface area contributed by atoms with Crippen LogP contribution in [0.4, 0.5) is 0 Å². The molecule has 7 rings (SSSR count). The lowest BCUT2D eigenvalue weighted by Crippen LogP contribution is -2.31. The fourth-order valence-electron chi connectivity index (χ4n) is 5.99. The van der Waals surface area contributed by atoms with Gasteiger partial charge in [-0.15, -0.1) is 0 Å². The molecule has 0 aliphatic rings. The predicted octanol–water partition coefficient (Wildman–Crippen LogP) is 8.09. The quantitative estimate of drug-likeness (QED) is 0.222. The van der Waals surface area contributed by atoms with Crippen molar-refractivity contribution in [1.82, 2.24) is 4.40 Å². The maximum Gasteiger partial charge on any atom is 0.212 e. The second-order valence-electron chi connectivity index (χ2n) is 11.1. The minimum Gasteiger partial charge on any atom is -0.308 e. The summed E-state index contributed by atoms with van der Waals surface area (Å²) >= 11 is 0. The summed E-state index contributed by atoms with van der Waals surface area (Å²) < 4.78 is 4.72. The Morgan fingerprint density at radius 3 is 2.31 bits per heavy atom. The average Bonchev–Trinajstić information content (AvgIpc) is 3.36. The average molecular weight is 454 g/mol. The lowest BCUT2D eigenvalue weighted by Gasteiger charge is -2.19. The van der Waals surface area contributed by atoms with Gasteiger partial charge in [-0.1, -0.05) is 69.3 Å². The Morgan fingerprint density at radius 2 is 1.49 bits per heavy atom. The molecule has 3 heterocycles. The van der Waals surface area contributed by atoms with Crippen molar-refractivity contribution >= 4 is 48.9 Å². The molecule has 4 aromatic carbocycles. The van der Waals surface area contributed by atoms with Crippen LogP contribution in [0.5, 0.6) is 0 Å². The summed E-state index contributed by atoms with van der Waals surface area (Å²) in [6, 6.07) is 29.6. The first-order valence-corrected chi connectivity index (χ1v) is 12.4. The normalized spacial score (nSPS) is 12.7. The SMILES string of the molecule is Cc1cc2ccc3c(c2cc1-c1cc(C(C)(C)C)cc[n+]1C)c1cccc2c4ccccc4n3c21. The summed E-state index contributed by atoms with van der Waals surface area (Å²) in [6.45, 7) is 9.09. The summed E-state index contributed by atoms with van der Waals surface area (Å²) in [4.78, 5) is 0. The van der Waals surface area contributed by atoms with Crippen LogP contribution in [0.2, 0.25) is 0 Å². The van der Waals surface area contributed by atoms with E-state index in [1.807, 2.05) is 0 Å². The van der Waals surface area contributed by atoms with Crippen LogP contribution in [0.3, 0.4) is 0 Å². The smallest absolute Gasteiger partial charge is 0.212 e. The van der Waals surface area contributed by atoms with Gasteiger partial charge in [0.2, 0.25) is 5.69 Å². The number of nitrogens with zero attached hydrogens (tertiary/aromatic N) is 2. The van der Waals surface area contributed by atoms with Gasteiger partial charge in [0.15, 0.2) is 6.20 Å². The van der Waals surface area contributed by atoms with Gasteiger partial charge >= 0.3 is 0 Å². The van der Waals surface area contributed by atoms with Crippen molar-refractivity contribution in [2.75, 3.05) is 0 Å². The maximum atomic E-state index is 2.47. The van der Waals surface area contributed by atoms with Crippen molar-refractivity contribution in [3.63, 3.8) is 0 Å². The number of hydrogen-bond acceptors (Lipinski definition) is 0. The molecule has 0 amide bonds. The van der Waals surface area contributed by atoms with Gasteiger partial charge in [-0.05, 0) is 52.4 Å². The summed E-state index contributed by atoms with van der Waals surface area (Å²) in [7, 11) is 2.15. The van der Waals surface area contributed by atoms with Gasteiger partial charge in [0.25, 0.3) is 0 Å². The van der Waals surface area contributed by atoms with Crippen LogP contribution >= 0.6 is 0 Å². The highest BCUT2D eigenvalue weighted by atomic mass is 14.9. The molecule has 2 heteroatoms. The van der Waals surface area contributed by atoms with E-state index in [2.05, 4.69) is 129 Å². The molecule has 0 bridgehead atoms. The highest BCUT2D eigenvalue weighted by Gasteiger charge is 2.22. The largest absolute Gasteiger partial charge is 0.308 e. The van der Waals surface area contributed by atoms with Crippen LogP contribution in [-0.4, -0.2) is 4.40 Å². The van der Waals surface area contributed by atoms with E-state index in [1.54, 1.807) is 0 Å². The van der Waals surface area contributed by atoms with E-state index in [0.717, 1.165) is 0 Å². The number of benzene rings is 4. The molecule has 7 aromatic rings. The van der Waals surface area contributed by atoms with Gasteiger partial charge in [0.05, 0.1) is 16.6 Å². The number of hydrogen-bond donors (Lipinski definition) is 0. The van der Waals surface area contributed by atoms with Crippen LogP contribution < -0.4 is 4.57 Å². The Bertz CT molecular complexity index is 1950. The third-order valence-electron chi connectivity index (χ3n) is 7.84. The molecule has 0 unspecified atom stereocenters. The first-order valence-electron chi connectivity index (χ1n) is 12.4. The van der Waals surface area contributed by atoms with Gasteiger partial charge in [-0.2, -0.15) is 0 Å². The molecule has 0 aliphatic carbocycles. The fraction of sp³-hybridized carbons (Fsp3) is 0.182. The summed E-state index contributed by atoms with van der Waals surface area (Å²) in [5.41, 5.74) is 9.23. The Labute approximate surface area is 205 Å². The van der Waals surface area contributed by atoms with E-state index in [4.69, 9.17) is 0 Å². The van der Waals surface area contributed by atoms with E-state index in [9.17, 15) is 0 Å². The van der Waals surface area contributed by atoms with Gasteiger partial charge < -0.3 is 4.40 Å². The molecule has 170 valence electrons. The molecule has 0 atom stereocenters. The molecule has 0 spiro atoms. The van der Waals surface area contributed by atoms with Crippen LogP contribution in [-0.2, 0) is 12.5 Å². The molecule has 0 saturated heterocycles. The van der Waals surface area contributed by atoms with Crippen molar-refractivity contribution in [1.29, 1.82) is 0 Å². The molecule has 2 nitrogen and oxygen atoms in total. The number of para-hydroxylation sites is 2. The summed E-state index contributed by atoms with van der Waals surface area (Å²) in [6.07, 6.45) is 2.20. The van der Waals surface area contributed by atoms with Crippen LogP contribution in [0.25, 0.3) is 60.1 Å². The van der Waals surface area contributed by atoms with Crippen molar-refractivity contribution in [2.24, 2.45) is 7.05 Å². The molecular weight excluding hydrogens is 424 g/mol. The Kier molecular flexibility index (Phi) is 3.99. The predicted molar refractivity (Wildman–Crippen MR) is 149 cm³/mol. The van der Waals surface area contributed by atoms with Gasteiger partial charge in [0.1, 0.15) is 7.05 Å². The number of rotatable bonds is 1. The molecule has 35 heavy (non-hydrogen) atoms. The van der Waals surface area contributed by atoms with E-state index in [1.165, 1.54) is 71.3 Å². The van der Waals surface area contributed by atoms with Crippen molar-refractivity contribution in [2.45, 2.75) is 33.1 Å². The van der Waals surface area contributed by atoms with Gasteiger partial charge in [0, 0.05) is 39.2 Å². The molecule has 0 radical (unpaired) electrons. The summed E-state index contributed by atoms with van der Waals surface area (Å²) in [5.74, 6) is 0. The number of pyridine rings is 1. The first-order chi connectivity index (χ1) is 16.8. The van der Waals surface area contributed by atoms with E-state index >= 15 is 0 Å². The van der Waals surface area contributed by atoms with E-state index in [-0.39, 0.29) is 5.41 Å². The minimum absolute atomic E-state index is 0.106. The Morgan fingerprint density at radius 1 is 0.714 bits per heavy atom. The fourth-order valence-corrected chi connectivity index (χ4v) is 5.99. The van der Waals surface area contributed by atoms with Gasteiger partial charge in [-0.25, -0.2) is 4.57 Å². The lowest BCUT2D eigenvalue weighted by molar-refractivity contribution is -0.660. The Balaban J connectivity index is 1.63. The van der Waals surface area contributed by atoms with Crippen molar-refractivity contribution in [3.8, 4) is 11.3 Å². The highest BCUT2D eigenvalue weighted by Crippen LogP contribution is 2.42. The molecule has 0 N–H and O–H groups in total. The zero-order valence-electron chi connectivity index (χ0n) is 21.0. The monoisotopic (exact) mass is 453 g/mol. The number of aryl methyl sites for hydroxylation is 2.